The molecule has 2 aliphatic rings. The highest BCUT2D eigenvalue weighted by Gasteiger charge is 2.25. The van der Waals surface area contributed by atoms with Gasteiger partial charge in [0, 0.05) is 38.0 Å². The van der Waals surface area contributed by atoms with Gasteiger partial charge in [0.2, 0.25) is 5.95 Å². The van der Waals surface area contributed by atoms with Gasteiger partial charge >= 0.3 is 0 Å². The van der Waals surface area contributed by atoms with Gasteiger partial charge in [0.1, 0.15) is 11.9 Å². The van der Waals surface area contributed by atoms with E-state index in [0.29, 0.717) is 37.9 Å². The van der Waals surface area contributed by atoms with Crippen LogP contribution in [0.3, 0.4) is 0 Å². The summed E-state index contributed by atoms with van der Waals surface area (Å²) < 4.78 is 27.8. The molecule has 2 aliphatic heterocycles. The maximum absolute atomic E-state index is 14.3. The van der Waals surface area contributed by atoms with Gasteiger partial charge in [-0.25, -0.2) is 9.37 Å². The third kappa shape index (κ3) is 5.57. The third-order valence-corrected chi connectivity index (χ3v) is 6.85. The van der Waals surface area contributed by atoms with E-state index in [0.717, 1.165) is 30.5 Å². The monoisotopic (exact) mass is 493 g/mol. The molecule has 0 amide bonds. The lowest BCUT2D eigenvalue weighted by atomic mass is 10.1. The van der Waals surface area contributed by atoms with Gasteiger partial charge in [-0.2, -0.15) is 0 Å². The van der Waals surface area contributed by atoms with Gasteiger partial charge < -0.3 is 19.3 Å². The van der Waals surface area contributed by atoms with Crippen molar-refractivity contribution in [3.05, 3.63) is 70.5 Å². The largest absolute Gasteiger partial charge is 0.494 e. The first-order chi connectivity index (χ1) is 17.6. The quantitative estimate of drug-likeness (QED) is 0.445. The predicted octanol–water partition coefficient (Wildman–Crippen LogP) is 3.42. The van der Waals surface area contributed by atoms with Crippen molar-refractivity contribution in [2.45, 2.75) is 25.4 Å². The summed E-state index contributed by atoms with van der Waals surface area (Å²) in [5.41, 5.74) is 1.33. The number of pyridine rings is 1. The minimum Gasteiger partial charge on any atom is -0.494 e. The van der Waals surface area contributed by atoms with E-state index in [1.807, 2.05) is 29.2 Å². The van der Waals surface area contributed by atoms with Crippen LogP contribution in [-0.2, 0) is 11.8 Å². The molecule has 1 aromatic carbocycles. The molecule has 2 fully saturated rings. The van der Waals surface area contributed by atoms with Gasteiger partial charge in [-0.3, -0.25) is 14.3 Å². The van der Waals surface area contributed by atoms with Gasteiger partial charge in [-0.1, -0.05) is 12.1 Å². The standard InChI is InChI=1S/C27H32FN5O3/c1-31-26(34)17-24(22-9-10-29-18-23(22)28)30-27(31)33-14-16-36-25(19-33)20-5-7-21(8-6-20)35-15-4-13-32-11-2-3-12-32/h5-10,17-18,25H,2-4,11-16,19H2,1H3. The molecule has 9 heteroatoms. The van der Waals surface area contributed by atoms with Crippen LogP contribution in [0.5, 0.6) is 5.75 Å². The Morgan fingerprint density at radius 2 is 1.94 bits per heavy atom. The molecule has 1 atom stereocenters. The van der Waals surface area contributed by atoms with E-state index in [-0.39, 0.29) is 17.2 Å². The fourth-order valence-corrected chi connectivity index (χ4v) is 4.83. The minimum atomic E-state index is -0.512. The first-order valence-electron chi connectivity index (χ1n) is 12.6. The number of ether oxygens (including phenoxy) is 2. The number of likely N-dealkylation sites (tertiary alicyclic amines) is 1. The molecule has 8 nitrogen and oxygen atoms in total. The van der Waals surface area contributed by atoms with Crippen LogP contribution in [0.1, 0.15) is 30.9 Å². The Morgan fingerprint density at radius 1 is 1.14 bits per heavy atom. The van der Waals surface area contributed by atoms with E-state index < -0.39 is 5.82 Å². The van der Waals surface area contributed by atoms with Crippen molar-refractivity contribution in [3.63, 3.8) is 0 Å². The minimum absolute atomic E-state index is 0.179. The molecule has 5 rings (SSSR count). The molecular weight excluding hydrogens is 461 g/mol. The predicted molar refractivity (Wildman–Crippen MR) is 136 cm³/mol. The molecule has 2 saturated heterocycles. The summed E-state index contributed by atoms with van der Waals surface area (Å²) in [6.07, 6.45) is 6.08. The highest BCUT2D eigenvalue weighted by atomic mass is 19.1. The van der Waals surface area contributed by atoms with E-state index in [4.69, 9.17) is 9.47 Å². The second-order valence-electron chi connectivity index (χ2n) is 9.32. The number of hydrogen-bond acceptors (Lipinski definition) is 7. The molecule has 36 heavy (non-hydrogen) atoms. The van der Waals surface area contributed by atoms with E-state index in [9.17, 15) is 9.18 Å². The Morgan fingerprint density at radius 3 is 2.72 bits per heavy atom. The summed E-state index contributed by atoms with van der Waals surface area (Å²) >= 11 is 0. The number of benzene rings is 1. The zero-order valence-corrected chi connectivity index (χ0v) is 20.6. The Hall–Kier alpha value is -3.30. The number of hydrogen-bond donors (Lipinski definition) is 0. The summed E-state index contributed by atoms with van der Waals surface area (Å²) in [4.78, 5) is 25.6. The van der Waals surface area contributed by atoms with Gasteiger partial charge in [-0.05, 0) is 56.1 Å². The van der Waals surface area contributed by atoms with Crippen LogP contribution in [0.4, 0.5) is 10.3 Å². The van der Waals surface area contributed by atoms with Crippen molar-refractivity contribution in [2.24, 2.45) is 7.05 Å². The zero-order chi connectivity index (χ0) is 24.9. The van der Waals surface area contributed by atoms with Crippen molar-refractivity contribution >= 4 is 5.95 Å². The average molecular weight is 494 g/mol. The molecule has 0 spiro atoms. The lowest BCUT2D eigenvalue weighted by Crippen LogP contribution is -2.41. The number of halogens is 1. The van der Waals surface area contributed by atoms with Crippen molar-refractivity contribution in [2.75, 3.05) is 50.8 Å². The molecule has 0 N–H and O–H groups in total. The van der Waals surface area contributed by atoms with Gasteiger partial charge in [0.25, 0.3) is 5.56 Å². The Labute approximate surface area is 210 Å². The maximum Gasteiger partial charge on any atom is 0.255 e. The molecule has 0 radical (unpaired) electrons. The molecule has 1 unspecified atom stereocenters. The van der Waals surface area contributed by atoms with Crippen LogP contribution in [0.25, 0.3) is 11.3 Å². The Balaban J connectivity index is 1.24. The molecule has 2 aromatic heterocycles. The fourth-order valence-electron chi connectivity index (χ4n) is 4.83. The van der Waals surface area contributed by atoms with Crippen LogP contribution in [0.2, 0.25) is 0 Å². The smallest absolute Gasteiger partial charge is 0.255 e. The third-order valence-electron chi connectivity index (χ3n) is 6.85. The zero-order valence-electron chi connectivity index (χ0n) is 20.6. The summed E-state index contributed by atoms with van der Waals surface area (Å²) in [6.45, 7) is 5.81. The van der Waals surface area contributed by atoms with E-state index in [2.05, 4.69) is 14.9 Å². The lowest BCUT2D eigenvalue weighted by Gasteiger charge is -2.34. The van der Waals surface area contributed by atoms with E-state index >= 15 is 0 Å². The fraction of sp³-hybridized carbons (Fsp3) is 0.444. The first kappa shape index (κ1) is 24.4. The van der Waals surface area contributed by atoms with Crippen molar-refractivity contribution in [1.82, 2.24) is 19.4 Å². The molecule has 4 heterocycles. The van der Waals surface area contributed by atoms with E-state index in [1.54, 1.807) is 7.05 Å². The summed E-state index contributed by atoms with van der Waals surface area (Å²) in [5.74, 6) is 0.825. The number of aromatic nitrogens is 3. The molecule has 190 valence electrons. The number of nitrogens with zero attached hydrogens (tertiary/aromatic N) is 5. The molecular formula is C27H32FN5O3. The van der Waals surface area contributed by atoms with Crippen LogP contribution in [-0.4, -0.2) is 65.4 Å². The Kier molecular flexibility index (Phi) is 7.58. The molecule has 0 bridgehead atoms. The van der Waals surface area contributed by atoms with Crippen LogP contribution in [0.15, 0.2) is 53.6 Å². The summed E-state index contributed by atoms with van der Waals surface area (Å²) in [7, 11) is 1.68. The molecule has 0 saturated carbocycles. The maximum atomic E-state index is 14.3. The van der Waals surface area contributed by atoms with E-state index in [1.165, 1.54) is 48.8 Å². The molecule has 0 aliphatic carbocycles. The SMILES string of the molecule is Cn1c(N2CCOC(c3ccc(OCCCN4CCCC4)cc3)C2)nc(-c2ccncc2F)cc1=O. The number of rotatable bonds is 8. The van der Waals surface area contributed by atoms with Gasteiger partial charge in [0.05, 0.1) is 31.6 Å². The topological polar surface area (TPSA) is 72.7 Å². The van der Waals surface area contributed by atoms with Crippen molar-refractivity contribution < 1.29 is 13.9 Å². The average Bonchev–Trinajstić information content (AvgIpc) is 3.43. The second kappa shape index (κ2) is 11.2. The summed E-state index contributed by atoms with van der Waals surface area (Å²) in [5, 5.41) is 0. The van der Waals surface area contributed by atoms with Crippen LogP contribution in [0, 0.1) is 5.82 Å². The number of morpholine rings is 1. The van der Waals surface area contributed by atoms with Gasteiger partial charge in [0.15, 0.2) is 5.82 Å². The van der Waals surface area contributed by atoms with Crippen molar-refractivity contribution in [1.29, 1.82) is 0 Å². The normalized spacial score (nSPS) is 18.5. The second-order valence-corrected chi connectivity index (χ2v) is 9.32. The summed E-state index contributed by atoms with van der Waals surface area (Å²) in [6, 6.07) is 10.9. The highest BCUT2D eigenvalue weighted by Crippen LogP contribution is 2.28. The number of anilines is 1. The highest BCUT2D eigenvalue weighted by molar-refractivity contribution is 5.60. The van der Waals surface area contributed by atoms with Crippen LogP contribution >= 0.6 is 0 Å². The Bertz CT molecular complexity index is 1230. The first-order valence-corrected chi connectivity index (χ1v) is 12.6. The molecule has 3 aromatic rings. The van der Waals surface area contributed by atoms with Gasteiger partial charge in [-0.15, -0.1) is 0 Å². The lowest BCUT2D eigenvalue weighted by molar-refractivity contribution is 0.0389. The van der Waals surface area contributed by atoms with Crippen LogP contribution < -0.4 is 15.2 Å². The van der Waals surface area contributed by atoms with Crippen molar-refractivity contribution in [3.8, 4) is 17.0 Å².